The summed E-state index contributed by atoms with van der Waals surface area (Å²) >= 11 is 5.18. The van der Waals surface area contributed by atoms with E-state index in [1.54, 1.807) is 6.07 Å². The third kappa shape index (κ3) is 5.35. The molecule has 1 aliphatic heterocycles. The fourth-order valence-electron chi connectivity index (χ4n) is 2.41. The first kappa shape index (κ1) is 18.0. The summed E-state index contributed by atoms with van der Waals surface area (Å²) in [6.07, 6.45) is 0.934. The highest BCUT2D eigenvalue weighted by molar-refractivity contribution is 7.80. The molecule has 0 fully saturated rings. The van der Waals surface area contributed by atoms with E-state index in [4.69, 9.17) is 26.4 Å². The molecule has 1 amide bonds. The maximum absolute atomic E-state index is 11.9. The van der Waals surface area contributed by atoms with Crippen LogP contribution in [0.5, 0.6) is 17.2 Å². The number of carbonyl (C=O) groups excluding carboxylic acids is 1. The summed E-state index contributed by atoms with van der Waals surface area (Å²) in [7, 11) is 0. The first-order valence-corrected chi connectivity index (χ1v) is 8.80. The highest BCUT2D eigenvalue weighted by Crippen LogP contribution is 2.32. The Morgan fingerprint density at radius 3 is 2.65 bits per heavy atom. The molecule has 136 valence electrons. The molecule has 0 aliphatic carbocycles. The lowest BCUT2D eigenvalue weighted by Crippen LogP contribution is -2.34. The van der Waals surface area contributed by atoms with Crippen molar-refractivity contribution in [2.45, 2.75) is 12.8 Å². The van der Waals surface area contributed by atoms with E-state index in [2.05, 4.69) is 10.6 Å². The summed E-state index contributed by atoms with van der Waals surface area (Å²) in [6.45, 7) is 1.53. The molecule has 3 rings (SSSR count). The van der Waals surface area contributed by atoms with Crippen LogP contribution in [0.2, 0.25) is 0 Å². The first-order valence-electron chi connectivity index (χ1n) is 8.39. The van der Waals surface area contributed by atoms with Gasteiger partial charge in [-0.05, 0) is 42.9 Å². The van der Waals surface area contributed by atoms with Crippen molar-refractivity contribution >= 4 is 28.9 Å². The zero-order valence-electron chi connectivity index (χ0n) is 14.2. The van der Waals surface area contributed by atoms with Crippen molar-refractivity contribution in [1.82, 2.24) is 5.32 Å². The van der Waals surface area contributed by atoms with E-state index < -0.39 is 0 Å². The summed E-state index contributed by atoms with van der Waals surface area (Å²) in [5, 5.41) is 5.88. The van der Waals surface area contributed by atoms with E-state index in [0.717, 1.165) is 11.4 Å². The largest absolute Gasteiger partial charge is 0.494 e. The van der Waals surface area contributed by atoms with E-state index >= 15 is 0 Å². The zero-order chi connectivity index (χ0) is 18.2. The number of benzene rings is 2. The third-order valence-corrected chi connectivity index (χ3v) is 3.82. The number of amides is 1. The van der Waals surface area contributed by atoms with Gasteiger partial charge in [0.05, 0.1) is 6.61 Å². The van der Waals surface area contributed by atoms with Gasteiger partial charge in [-0.1, -0.05) is 18.2 Å². The van der Waals surface area contributed by atoms with Crippen molar-refractivity contribution in [3.05, 3.63) is 48.5 Å². The number of hydrogen-bond acceptors (Lipinski definition) is 5. The smallest absolute Gasteiger partial charge is 0.226 e. The molecule has 0 saturated heterocycles. The molecule has 0 bridgehead atoms. The van der Waals surface area contributed by atoms with Gasteiger partial charge in [0, 0.05) is 18.2 Å². The van der Waals surface area contributed by atoms with E-state index in [1.807, 2.05) is 42.5 Å². The van der Waals surface area contributed by atoms with E-state index in [1.165, 1.54) is 0 Å². The lowest BCUT2D eigenvalue weighted by molar-refractivity contribution is -0.119. The molecule has 6 nitrogen and oxygen atoms in total. The number of carbonyl (C=O) groups is 1. The van der Waals surface area contributed by atoms with Gasteiger partial charge in [-0.2, -0.15) is 0 Å². The van der Waals surface area contributed by atoms with Crippen LogP contribution in [-0.2, 0) is 4.79 Å². The van der Waals surface area contributed by atoms with Gasteiger partial charge < -0.3 is 24.8 Å². The minimum Gasteiger partial charge on any atom is -0.494 e. The Kier molecular flexibility index (Phi) is 6.27. The molecule has 0 atom stereocenters. The van der Waals surface area contributed by atoms with Gasteiger partial charge in [0.1, 0.15) is 19.0 Å². The van der Waals surface area contributed by atoms with Crippen molar-refractivity contribution in [3.8, 4) is 17.2 Å². The Morgan fingerprint density at radius 1 is 1.08 bits per heavy atom. The van der Waals surface area contributed by atoms with E-state index in [-0.39, 0.29) is 11.0 Å². The number of ether oxygens (including phenoxy) is 3. The van der Waals surface area contributed by atoms with Crippen LogP contribution < -0.4 is 24.8 Å². The normalized spacial score (nSPS) is 12.2. The number of anilines is 1. The van der Waals surface area contributed by atoms with Gasteiger partial charge in [-0.3, -0.25) is 4.79 Å². The second-order valence-corrected chi connectivity index (χ2v) is 6.03. The predicted molar refractivity (Wildman–Crippen MR) is 103 cm³/mol. The van der Waals surface area contributed by atoms with Crippen LogP contribution in [0, 0.1) is 0 Å². The Balaban J connectivity index is 1.38. The average Bonchev–Trinajstić information content (AvgIpc) is 2.66. The second kappa shape index (κ2) is 9.05. The number of thiocarbonyl (C=S) groups is 1. The molecule has 2 aromatic carbocycles. The predicted octanol–water partition coefficient (Wildman–Crippen LogP) is 3.13. The highest BCUT2D eigenvalue weighted by atomic mass is 32.1. The Bertz CT molecular complexity index is 767. The molecule has 26 heavy (non-hydrogen) atoms. The monoisotopic (exact) mass is 372 g/mol. The van der Waals surface area contributed by atoms with Crippen LogP contribution >= 0.6 is 12.2 Å². The minimum atomic E-state index is -0.156. The van der Waals surface area contributed by atoms with Crippen molar-refractivity contribution in [2.24, 2.45) is 0 Å². The second-order valence-electron chi connectivity index (χ2n) is 5.63. The van der Waals surface area contributed by atoms with E-state index in [9.17, 15) is 4.79 Å². The van der Waals surface area contributed by atoms with E-state index in [0.29, 0.717) is 44.2 Å². The fourth-order valence-corrected chi connectivity index (χ4v) is 2.64. The summed E-state index contributed by atoms with van der Waals surface area (Å²) in [6, 6.07) is 14.9. The maximum atomic E-state index is 11.9. The van der Waals surface area contributed by atoms with Gasteiger partial charge in [-0.25, -0.2) is 0 Å². The highest BCUT2D eigenvalue weighted by Gasteiger charge is 2.12. The zero-order valence-corrected chi connectivity index (χ0v) is 15.0. The molecule has 2 aromatic rings. The van der Waals surface area contributed by atoms with Gasteiger partial charge in [0.15, 0.2) is 16.6 Å². The summed E-state index contributed by atoms with van der Waals surface area (Å²) < 4.78 is 16.5. The Morgan fingerprint density at radius 2 is 1.85 bits per heavy atom. The number of fused-ring (bicyclic) bond motifs is 1. The molecule has 1 heterocycles. The number of hydrogen-bond donors (Lipinski definition) is 2. The average molecular weight is 372 g/mol. The summed E-state index contributed by atoms with van der Waals surface area (Å²) in [4.78, 5) is 11.9. The van der Waals surface area contributed by atoms with Crippen molar-refractivity contribution in [1.29, 1.82) is 0 Å². The molecular weight excluding hydrogens is 352 g/mol. The van der Waals surface area contributed by atoms with Crippen molar-refractivity contribution in [2.75, 3.05) is 25.1 Å². The summed E-state index contributed by atoms with van der Waals surface area (Å²) in [5.41, 5.74) is 0.729. The number of para-hydroxylation sites is 1. The SMILES string of the molecule is O=C(CCCOc1ccccc1)NC(=S)Nc1ccc2c(c1)OCCO2. The molecule has 1 aliphatic rings. The topological polar surface area (TPSA) is 68.8 Å². The minimum absolute atomic E-state index is 0.156. The van der Waals surface area contributed by atoms with Gasteiger partial charge in [-0.15, -0.1) is 0 Å². The lowest BCUT2D eigenvalue weighted by Gasteiger charge is -2.19. The van der Waals surface area contributed by atoms with Gasteiger partial charge >= 0.3 is 0 Å². The molecule has 0 spiro atoms. The molecular formula is C19H20N2O4S. The van der Waals surface area contributed by atoms with Crippen LogP contribution in [0.4, 0.5) is 5.69 Å². The van der Waals surface area contributed by atoms with Gasteiger partial charge in [0.2, 0.25) is 5.91 Å². The molecule has 0 radical (unpaired) electrons. The molecule has 0 saturated carbocycles. The Labute approximate surface area is 157 Å². The number of nitrogens with one attached hydrogen (secondary N) is 2. The molecule has 2 N–H and O–H groups in total. The molecule has 7 heteroatoms. The first-order chi connectivity index (χ1) is 12.7. The maximum Gasteiger partial charge on any atom is 0.226 e. The quantitative estimate of drug-likeness (QED) is 0.600. The van der Waals surface area contributed by atoms with Crippen molar-refractivity contribution < 1.29 is 19.0 Å². The number of rotatable bonds is 6. The van der Waals surface area contributed by atoms with Gasteiger partial charge in [0.25, 0.3) is 0 Å². The van der Waals surface area contributed by atoms with Crippen LogP contribution in [0.25, 0.3) is 0 Å². The van der Waals surface area contributed by atoms with Crippen LogP contribution in [0.15, 0.2) is 48.5 Å². The third-order valence-electron chi connectivity index (χ3n) is 3.61. The Hall–Kier alpha value is -2.80. The van der Waals surface area contributed by atoms with Crippen LogP contribution in [-0.4, -0.2) is 30.8 Å². The molecule has 0 aromatic heterocycles. The molecule has 0 unspecified atom stereocenters. The lowest BCUT2D eigenvalue weighted by atomic mass is 10.2. The standard InChI is InChI=1S/C19H20N2O4S/c22-18(7-4-10-23-15-5-2-1-3-6-15)21-19(26)20-14-8-9-16-17(13-14)25-12-11-24-16/h1-3,5-6,8-9,13H,4,7,10-12H2,(H2,20,21,22,26). The fraction of sp³-hybridized carbons (Fsp3) is 0.263. The summed E-state index contributed by atoms with van der Waals surface area (Å²) in [5.74, 6) is 2.00. The van der Waals surface area contributed by atoms with Crippen LogP contribution in [0.3, 0.4) is 0 Å². The van der Waals surface area contributed by atoms with Crippen molar-refractivity contribution in [3.63, 3.8) is 0 Å². The van der Waals surface area contributed by atoms with Crippen LogP contribution in [0.1, 0.15) is 12.8 Å².